The average molecular weight is 369 g/mol. The number of hydrogen-bond acceptors (Lipinski definition) is 3. The maximum Gasteiger partial charge on any atom is 0.189 e. The minimum atomic E-state index is 0.478. The molecule has 0 atom stereocenters. The lowest BCUT2D eigenvalue weighted by Gasteiger charge is -2.24. The molecule has 0 aliphatic carbocycles. The van der Waals surface area contributed by atoms with Gasteiger partial charge in [0.05, 0.1) is 26.3 Å². The first-order valence-corrected chi connectivity index (χ1v) is 8.96. The Morgan fingerprint density at radius 3 is 2.58 bits per heavy atom. The van der Waals surface area contributed by atoms with E-state index in [-0.39, 0.29) is 0 Å². The summed E-state index contributed by atoms with van der Waals surface area (Å²) in [5, 5.41) is 7.36. The topological polar surface area (TPSA) is 61.8 Å². The van der Waals surface area contributed by atoms with Gasteiger partial charge in [-0.25, -0.2) is 0 Å². The highest BCUT2D eigenvalue weighted by Crippen LogP contribution is 2.17. The molecule has 24 heavy (non-hydrogen) atoms. The maximum absolute atomic E-state index is 5.35. The first-order valence-electron chi connectivity index (χ1n) is 8.14. The van der Waals surface area contributed by atoms with Gasteiger partial charge in [-0.2, -0.15) is 0 Å². The summed E-state index contributed by atoms with van der Waals surface area (Å²) in [6, 6.07) is 6.07. The fourth-order valence-electron chi connectivity index (χ4n) is 2.46. The van der Waals surface area contributed by atoms with Crippen LogP contribution in [-0.2, 0) is 4.74 Å². The second-order valence-corrected chi connectivity index (χ2v) is 6.64. The monoisotopic (exact) mass is 368 g/mol. The fraction of sp³-hybridized carbons (Fsp3) is 0.500. The fourth-order valence-corrected chi connectivity index (χ4v) is 2.77. The van der Waals surface area contributed by atoms with E-state index in [1.165, 1.54) is 16.0 Å². The van der Waals surface area contributed by atoms with Crippen LogP contribution in [-0.4, -0.2) is 49.6 Å². The van der Waals surface area contributed by atoms with Crippen LogP contribution in [0.4, 0.5) is 5.69 Å². The van der Waals surface area contributed by atoms with Crippen molar-refractivity contribution in [2.24, 2.45) is 0 Å². The number of ether oxygens (including phenoxy) is 1. The third-order valence-electron chi connectivity index (χ3n) is 4.11. The second-order valence-electron chi connectivity index (χ2n) is 5.82. The molecule has 0 radical (unpaired) electrons. The van der Waals surface area contributed by atoms with Crippen molar-refractivity contribution < 1.29 is 9.64 Å². The van der Waals surface area contributed by atoms with Crippen LogP contribution in [0.25, 0.3) is 0 Å². The lowest BCUT2D eigenvalue weighted by Crippen LogP contribution is -3.14. The van der Waals surface area contributed by atoms with Gasteiger partial charge in [-0.15, -0.1) is 0 Å². The van der Waals surface area contributed by atoms with E-state index < -0.39 is 0 Å². The lowest BCUT2D eigenvalue weighted by atomic mass is 10.1. The van der Waals surface area contributed by atoms with Crippen molar-refractivity contribution >= 4 is 40.3 Å². The molecule has 1 aliphatic rings. The van der Waals surface area contributed by atoms with E-state index in [2.05, 4.69) is 41.4 Å². The molecule has 0 amide bonds. The smallest absolute Gasteiger partial charge is 0.189 e. The largest absolute Gasteiger partial charge is 0.370 e. The summed E-state index contributed by atoms with van der Waals surface area (Å²) in [5.41, 5.74) is 9.20. The summed E-state index contributed by atoms with van der Waals surface area (Å²) in [5.74, 6) is 0. The average Bonchev–Trinajstić information content (AvgIpc) is 2.58. The van der Waals surface area contributed by atoms with Crippen molar-refractivity contribution in [3.05, 3.63) is 29.3 Å². The number of hydrogen-bond donors (Lipinski definition) is 5. The zero-order valence-corrected chi connectivity index (χ0v) is 15.8. The standard InChI is InChI=1S/C16H25N5OS2/c1-12-4-3-5-14(13(12)2)18-16(24)20-19-15(23)17-6-7-21-8-10-22-11-9-21/h3-5H,6-11H2,1-2H3,(H2,17,19,23)(H2,18,20,24)/p+1. The van der Waals surface area contributed by atoms with Gasteiger partial charge in [0.1, 0.15) is 13.1 Å². The molecule has 2 rings (SSSR count). The Balaban J connectivity index is 1.63. The molecule has 0 saturated carbocycles. The molecule has 1 heterocycles. The van der Waals surface area contributed by atoms with Gasteiger partial charge in [-0.3, -0.25) is 10.9 Å². The van der Waals surface area contributed by atoms with Gasteiger partial charge >= 0.3 is 0 Å². The third kappa shape index (κ3) is 6.20. The second kappa shape index (κ2) is 9.73. The van der Waals surface area contributed by atoms with Gasteiger partial charge in [-0.1, -0.05) is 12.1 Å². The quantitative estimate of drug-likeness (QED) is 0.375. The van der Waals surface area contributed by atoms with Crippen molar-refractivity contribution in [1.29, 1.82) is 0 Å². The molecule has 8 heteroatoms. The first-order chi connectivity index (χ1) is 11.6. The Morgan fingerprint density at radius 2 is 1.83 bits per heavy atom. The highest BCUT2D eigenvalue weighted by molar-refractivity contribution is 7.80. The number of thiocarbonyl (C=S) groups is 2. The molecule has 0 unspecified atom stereocenters. The van der Waals surface area contributed by atoms with E-state index in [0.717, 1.165) is 45.1 Å². The van der Waals surface area contributed by atoms with E-state index in [1.807, 2.05) is 12.1 Å². The molecule has 1 aromatic rings. The van der Waals surface area contributed by atoms with Gasteiger partial charge in [0.25, 0.3) is 0 Å². The highest BCUT2D eigenvalue weighted by atomic mass is 32.1. The number of rotatable bonds is 4. The number of nitrogens with one attached hydrogen (secondary N) is 5. The molecule has 1 saturated heterocycles. The Labute approximate surface area is 154 Å². The molecule has 0 bridgehead atoms. The number of quaternary nitrogens is 1. The maximum atomic E-state index is 5.35. The highest BCUT2D eigenvalue weighted by Gasteiger charge is 2.12. The van der Waals surface area contributed by atoms with E-state index in [1.54, 1.807) is 0 Å². The predicted molar refractivity (Wildman–Crippen MR) is 105 cm³/mol. The molecular formula is C16H26N5OS2+. The van der Waals surface area contributed by atoms with E-state index in [4.69, 9.17) is 29.2 Å². The van der Waals surface area contributed by atoms with E-state index >= 15 is 0 Å². The number of morpholine rings is 1. The van der Waals surface area contributed by atoms with Crippen LogP contribution >= 0.6 is 24.4 Å². The summed E-state index contributed by atoms with van der Waals surface area (Å²) < 4.78 is 5.35. The minimum absolute atomic E-state index is 0.478. The van der Waals surface area contributed by atoms with E-state index in [0.29, 0.717) is 10.2 Å². The van der Waals surface area contributed by atoms with Gasteiger partial charge in [0.2, 0.25) is 0 Å². The SMILES string of the molecule is Cc1cccc(NC(=S)NNC(=S)NCC[NH+]2CCOCC2)c1C. The Bertz CT molecular complexity index is 576. The molecule has 6 nitrogen and oxygen atoms in total. The first kappa shape index (κ1) is 18.9. The van der Waals surface area contributed by atoms with Crippen LogP contribution in [0.3, 0.4) is 0 Å². The number of aryl methyl sites for hydroxylation is 1. The Kier molecular flexibility index (Phi) is 7.64. The molecule has 1 aromatic carbocycles. The predicted octanol–water partition coefficient (Wildman–Crippen LogP) is -0.116. The van der Waals surface area contributed by atoms with Gasteiger partial charge in [0.15, 0.2) is 10.2 Å². The molecule has 132 valence electrons. The van der Waals surface area contributed by atoms with Crippen LogP contribution < -0.4 is 26.4 Å². The van der Waals surface area contributed by atoms with Crippen LogP contribution in [0.5, 0.6) is 0 Å². The van der Waals surface area contributed by atoms with Crippen LogP contribution in [0.15, 0.2) is 18.2 Å². The van der Waals surface area contributed by atoms with Gasteiger partial charge in [-0.05, 0) is 55.5 Å². The summed E-state index contributed by atoms with van der Waals surface area (Å²) in [4.78, 5) is 1.54. The van der Waals surface area contributed by atoms with Crippen LogP contribution in [0.2, 0.25) is 0 Å². The molecular weight excluding hydrogens is 342 g/mol. The van der Waals surface area contributed by atoms with Crippen LogP contribution in [0.1, 0.15) is 11.1 Å². The molecule has 1 fully saturated rings. The Hall–Kier alpha value is -1.48. The molecule has 5 N–H and O–H groups in total. The van der Waals surface area contributed by atoms with Crippen molar-refractivity contribution in [3.8, 4) is 0 Å². The van der Waals surface area contributed by atoms with Crippen molar-refractivity contribution in [2.75, 3.05) is 44.7 Å². The molecule has 0 spiro atoms. The van der Waals surface area contributed by atoms with Crippen molar-refractivity contribution in [3.63, 3.8) is 0 Å². The zero-order chi connectivity index (χ0) is 17.4. The van der Waals surface area contributed by atoms with Crippen molar-refractivity contribution in [2.45, 2.75) is 13.8 Å². The summed E-state index contributed by atoms with van der Waals surface area (Å²) in [6.45, 7) is 9.79. The lowest BCUT2D eigenvalue weighted by molar-refractivity contribution is -0.906. The number of benzene rings is 1. The zero-order valence-electron chi connectivity index (χ0n) is 14.2. The van der Waals surface area contributed by atoms with E-state index in [9.17, 15) is 0 Å². The molecule has 1 aliphatic heterocycles. The summed E-state index contributed by atoms with van der Waals surface area (Å²) in [6.07, 6.45) is 0. The minimum Gasteiger partial charge on any atom is -0.370 e. The Morgan fingerprint density at radius 1 is 1.12 bits per heavy atom. The normalized spacial score (nSPS) is 14.8. The van der Waals surface area contributed by atoms with Crippen LogP contribution in [0, 0.1) is 13.8 Å². The third-order valence-corrected chi connectivity index (χ3v) is 4.56. The number of hydrazine groups is 1. The summed E-state index contributed by atoms with van der Waals surface area (Å²) in [7, 11) is 0. The number of anilines is 1. The van der Waals surface area contributed by atoms with Gasteiger partial charge < -0.3 is 20.3 Å². The molecule has 0 aromatic heterocycles. The van der Waals surface area contributed by atoms with Crippen molar-refractivity contribution in [1.82, 2.24) is 16.2 Å². The summed E-state index contributed by atoms with van der Waals surface area (Å²) >= 11 is 10.5. The van der Waals surface area contributed by atoms with Gasteiger partial charge in [0, 0.05) is 5.69 Å².